The first-order valence-corrected chi connectivity index (χ1v) is 7.62. The average molecular weight is 338 g/mol. The third-order valence-corrected chi connectivity index (χ3v) is 4.50. The van der Waals surface area contributed by atoms with Gasteiger partial charge in [0.05, 0.1) is 11.7 Å². The number of hydrogen-bond donors (Lipinski definition) is 1. The van der Waals surface area contributed by atoms with Gasteiger partial charge in [0.1, 0.15) is 0 Å². The van der Waals surface area contributed by atoms with Crippen LogP contribution >= 0.6 is 15.9 Å². The Balaban J connectivity index is 2.37. The van der Waals surface area contributed by atoms with Crippen molar-refractivity contribution < 1.29 is 0 Å². The van der Waals surface area contributed by atoms with Crippen molar-refractivity contribution in [2.75, 3.05) is 6.54 Å². The van der Waals surface area contributed by atoms with E-state index >= 15 is 0 Å². The standard InChI is InChI=1S/C14H20BrN5/c1-5-6-16-11(4)14-17-18-19-20(14)12-7-9(2)13(15)10(3)8-12/h7-8,11,16H,5-6H2,1-4H3. The van der Waals surface area contributed by atoms with Crippen LogP contribution in [0.4, 0.5) is 0 Å². The molecule has 1 heterocycles. The zero-order chi connectivity index (χ0) is 14.7. The highest BCUT2D eigenvalue weighted by atomic mass is 79.9. The van der Waals surface area contributed by atoms with Crippen molar-refractivity contribution in [2.45, 2.75) is 40.2 Å². The van der Waals surface area contributed by atoms with E-state index in [4.69, 9.17) is 0 Å². The average Bonchev–Trinajstić information content (AvgIpc) is 2.91. The van der Waals surface area contributed by atoms with Gasteiger partial charge in [-0.3, -0.25) is 0 Å². The lowest BCUT2D eigenvalue weighted by Gasteiger charge is -2.14. The predicted molar refractivity (Wildman–Crippen MR) is 83.0 cm³/mol. The summed E-state index contributed by atoms with van der Waals surface area (Å²) in [6, 6.07) is 4.29. The van der Waals surface area contributed by atoms with E-state index in [-0.39, 0.29) is 6.04 Å². The molecule has 0 aliphatic rings. The Labute approximate surface area is 127 Å². The molecular formula is C14H20BrN5. The van der Waals surface area contributed by atoms with Crippen molar-refractivity contribution in [2.24, 2.45) is 0 Å². The Hall–Kier alpha value is -1.27. The Kier molecular flexibility index (Phi) is 4.88. The maximum absolute atomic E-state index is 4.15. The van der Waals surface area contributed by atoms with Gasteiger partial charge in [0.25, 0.3) is 0 Å². The van der Waals surface area contributed by atoms with Crippen molar-refractivity contribution in [1.82, 2.24) is 25.5 Å². The minimum atomic E-state index is 0.120. The molecule has 5 nitrogen and oxygen atoms in total. The number of nitrogens with zero attached hydrogens (tertiary/aromatic N) is 4. The molecule has 0 saturated carbocycles. The molecule has 0 saturated heterocycles. The van der Waals surface area contributed by atoms with Gasteiger partial charge in [-0.2, -0.15) is 4.68 Å². The third kappa shape index (κ3) is 3.07. The van der Waals surface area contributed by atoms with Crippen LogP contribution in [0.25, 0.3) is 5.69 Å². The van der Waals surface area contributed by atoms with Crippen molar-refractivity contribution in [1.29, 1.82) is 0 Å². The molecule has 1 N–H and O–H groups in total. The molecule has 2 rings (SSSR count). The summed E-state index contributed by atoms with van der Waals surface area (Å²) >= 11 is 3.58. The molecule has 0 aliphatic heterocycles. The van der Waals surface area contributed by atoms with Crippen LogP contribution in [-0.2, 0) is 0 Å². The van der Waals surface area contributed by atoms with Gasteiger partial charge in [0.15, 0.2) is 5.82 Å². The number of aryl methyl sites for hydroxylation is 2. The van der Waals surface area contributed by atoms with Gasteiger partial charge < -0.3 is 5.32 Å². The minimum absolute atomic E-state index is 0.120. The Bertz CT molecular complexity index is 570. The molecule has 0 spiro atoms. The van der Waals surface area contributed by atoms with E-state index in [0.29, 0.717) is 0 Å². The molecule has 1 atom stereocenters. The summed E-state index contributed by atoms with van der Waals surface area (Å²) in [6.45, 7) is 9.32. The van der Waals surface area contributed by atoms with Gasteiger partial charge in [-0.05, 0) is 67.4 Å². The van der Waals surface area contributed by atoms with Gasteiger partial charge >= 0.3 is 0 Å². The summed E-state index contributed by atoms with van der Waals surface area (Å²) in [7, 11) is 0. The molecule has 1 unspecified atom stereocenters. The van der Waals surface area contributed by atoms with Crippen LogP contribution in [0.3, 0.4) is 0 Å². The molecular weight excluding hydrogens is 318 g/mol. The van der Waals surface area contributed by atoms with Gasteiger partial charge in [0, 0.05) is 4.47 Å². The van der Waals surface area contributed by atoms with Crippen molar-refractivity contribution in [3.63, 3.8) is 0 Å². The Morgan fingerprint density at radius 3 is 2.55 bits per heavy atom. The summed E-state index contributed by atoms with van der Waals surface area (Å²) in [4.78, 5) is 0. The van der Waals surface area contributed by atoms with E-state index in [1.54, 1.807) is 4.68 Å². The predicted octanol–water partition coefficient (Wildman–Crippen LogP) is 3.10. The SMILES string of the molecule is CCCNC(C)c1nnnn1-c1cc(C)c(Br)c(C)c1. The highest BCUT2D eigenvalue weighted by Crippen LogP contribution is 2.25. The van der Waals surface area contributed by atoms with Crippen LogP contribution in [0.15, 0.2) is 16.6 Å². The fraction of sp³-hybridized carbons (Fsp3) is 0.500. The molecule has 0 radical (unpaired) electrons. The maximum Gasteiger partial charge on any atom is 0.173 e. The second-order valence-corrected chi connectivity index (χ2v) is 5.81. The molecule has 1 aromatic heterocycles. The molecule has 0 amide bonds. The van der Waals surface area contributed by atoms with Crippen LogP contribution in [-0.4, -0.2) is 26.8 Å². The topological polar surface area (TPSA) is 55.6 Å². The highest BCUT2D eigenvalue weighted by Gasteiger charge is 2.16. The summed E-state index contributed by atoms with van der Waals surface area (Å²) in [5.41, 5.74) is 3.35. The summed E-state index contributed by atoms with van der Waals surface area (Å²) in [6.07, 6.45) is 1.09. The van der Waals surface area contributed by atoms with Gasteiger partial charge in [-0.1, -0.05) is 22.9 Å². The number of halogens is 1. The van der Waals surface area contributed by atoms with E-state index in [1.165, 1.54) is 11.1 Å². The molecule has 0 bridgehead atoms. The number of nitrogens with one attached hydrogen (secondary N) is 1. The molecule has 0 fully saturated rings. The number of hydrogen-bond acceptors (Lipinski definition) is 4. The second-order valence-electron chi connectivity index (χ2n) is 5.02. The molecule has 20 heavy (non-hydrogen) atoms. The van der Waals surface area contributed by atoms with Crippen molar-refractivity contribution >= 4 is 15.9 Å². The van der Waals surface area contributed by atoms with Crippen molar-refractivity contribution in [3.05, 3.63) is 33.6 Å². The highest BCUT2D eigenvalue weighted by molar-refractivity contribution is 9.10. The lowest BCUT2D eigenvalue weighted by Crippen LogP contribution is -2.22. The molecule has 2 aromatic rings. The number of tetrazole rings is 1. The number of aromatic nitrogens is 4. The van der Waals surface area contributed by atoms with Gasteiger partial charge in [-0.25, -0.2) is 0 Å². The second kappa shape index (κ2) is 6.45. The lowest BCUT2D eigenvalue weighted by molar-refractivity contribution is 0.531. The quantitative estimate of drug-likeness (QED) is 0.910. The number of rotatable bonds is 5. The summed E-state index contributed by atoms with van der Waals surface area (Å²) < 4.78 is 2.94. The maximum atomic E-state index is 4.15. The van der Waals surface area contributed by atoms with E-state index in [0.717, 1.165) is 29.0 Å². The first kappa shape index (κ1) is 15.1. The van der Waals surface area contributed by atoms with Crippen LogP contribution in [0.5, 0.6) is 0 Å². The normalized spacial score (nSPS) is 12.7. The smallest absolute Gasteiger partial charge is 0.173 e. The first-order chi connectivity index (χ1) is 9.54. The monoisotopic (exact) mass is 337 g/mol. The van der Waals surface area contributed by atoms with E-state index in [2.05, 4.69) is 76.6 Å². The largest absolute Gasteiger partial charge is 0.307 e. The third-order valence-electron chi connectivity index (χ3n) is 3.25. The van der Waals surface area contributed by atoms with Crippen molar-refractivity contribution in [3.8, 4) is 5.69 Å². The van der Waals surface area contributed by atoms with E-state index < -0.39 is 0 Å². The van der Waals surface area contributed by atoms with Gasteiger partial charge in [0.2, 0.25) is 0 Å². The fourth-order valence-electron chi connectivity index (χ4n) is 2.15. The van der Waals surface area contributed by atoms with Gasteiger partial charge in [-0.15, -0.1) is 5.10 Å². The number of benzene rings is 1. The van der Waals surface area contributed by atoms with E-state index in [1.807, 2.05) is 0 Å². The minimum Gasteiger partial charge on any atom is -0.307 e. The van der Waals surface area contributed by atoms with Crippen LogP contribution in [0.1, 0.15) is 43.3 Å². The Morgan fingerprint density at radius 1 is 1.30 bits per heavy atom. The van der Waals surface area contributed by atoms with Crippen LogP contribution in [0, 0.1) is 13.8 Å². The molecule has 6 heteroatoms. The molecule has 108 valence electrons. The summed E-state index contributed by atoms with van der Waals surface area (Å²) in [5, 5.41) is 15.5. The fourth-order valence-corrected chi connectivity index (χ4v) is 2.37. The van der Waals surface area contributed by atoms with Crippen LogP contribution in [0.2, 0.25) is 0 Å². The first-order valence-electron chi connectivity index (χ1n) is 6.83. The van der Waals surface area contributed by atoms with Crippen LogP contribution < -0.4 is 5.32 Å². The molecule has 1 aromatic carbocycles. The van der Waals surface area contributed by atoms with E-state index in [9.17, 15) is 0 Å². The lowest BCUT2D eigenvalue weighted by atomic mass is 10.1. The Morgan fingerprint density at radius 2 is 1.95 bits per heavy atom. The molecule has 0 aliphatic carbocycles. The summed E-state index contributed by atoms with van der Waals surface area (Å²) in [5.74, 6) is 0.833. The zero-order valence-electron chi connectivity index (χ0n) is 12.3. The zero-order valence-corrected chi connectivity index (χ0v) is 13.9.